The maximum Gasteiger partial charge on any atom is 0.410 e. The van der Waals surface area contributed by atoms with Gasteiger partial charge in [0.25, 0.3) is 0 Å². The van der Waals surface area contributed by atoms with Gasteiger partial charge in [-0.2, -0.15) is 0 Å². The Morgan fingerprint density at radius 1 is 1.40 bits per heavy atom. The summed E-state index contributed by atoms with van der Waals surface area (Å²) >= 11 is 0. The van der Waals surface area contributed by atoms with Crippen LogP contribution in [0.5, 0.6) is 0 Å². The van der Waals surface area contributed by atoms with E-state index >= 15 is 0 Å². The molecular formula is C12H23NO2. The number of amides is 1. The molecule has 88 valence electrons. The summed E-state index contributed by atoms with van der Waals surface area (Å²) in [7, 11) is 0. The Morgan fingerprint density at radius 2 is 1.93 bits per heavy atom. The van der Waals surface area contributed by atoms with Gasteiger partial charge in [0.15, 0.2) is 0 Å². The third kappa shape index (κ3) is 1.84. The number of cyclic esters (lactones) is 1. The maximum absolute atomic E-state index is 11.7. The zero-order valence-corrected chi connectivity index (χ0v) is 10.7. The lowest BCUT2D eigenvalue weighted by Gasteiger charge is -2.37. The van der Waals surface area contributed by atoms with Crippen LogP contribution >= 0.6 is 0 Å². The van der Waals surface area contributed by atoms with Gasteiger partial charge in [0.05, 0.1) is 6.04 Å². The standard InChI is InChI=1S/C12H23NO2/c1-7-13-10(8(2)3)12(6,9(4)5)15-11(13)14/h8-10H,7H2,1-6H3. The fourth-order valence-corrected chi connectivity index (χ4v) is 2.54. The first-order valence-electron chi connectivity index (χ1n) is 5.84. The van der Waals surface area contributed by atoms with Gasteiger partial charge in [-0.15, -0.1) is 0 Å². The van der Waals surface area contributed by atoms with Crippen molar-refractivity contribution in [2.75, 3.05) is 6.54 Å². The SMILES string of the molecule is CCN1C(=O)OC(C)(C(C)C)C1C(C)C. The lowest BCUT2D eigenvalue weighted by atomic mass is 9.79. The van der Waals surface area contributed by atoms with E-state index in [1.54, 1.807) is 0 Å². The molecule has 1 aliphatic heterocycles. The van der Waals surface area contributed by atoms with E-state index in [4.69, 9.17) is 4.74 Å². The van der Waals surface area contributed by atoms with Gasteiger partial charge in [0.2, 0.25) is 0 Å². The van der Waals surface area contributed by atoms with Crippen LogP contribution in [0, 0.1) is 11.8 Å². The molecule has 0 aromatic rings. The Bertz CT molecular complexity index is 250. The fraction of sp³-hybridized carbons (Fsp3) is 0.917. The molecule has 2 unspecified atom stereocenters. The fourth-order valence-electron chi connectivity index (χ4n) is 2.54. The number of carbonyl (C=O) groups is 1. The quantitative estimate of drug-likeness (QED) is 0.721. The van der Waals surface area contributed by atoms with Gasteiger partial charge in [-0.1, -0.05) is 27.7 Å². The number of rotatable bonds is 3. The minimum absolute atomic E-state index is 0.160. The lowest BCUT2D eigenvalue weighted by molar-refractivity contribution is -0.00185. The third-order valence-corrected chi connectivity index (χ3v) is 3.58. The molecule has 1 heterocycles. The number of likely N-dealkylation sites (N-methyl/N-ethyl adjacent to an activating group) is 1. The normalized spacial score (nSPS) is 31.6. The van der Waals surface area contributed by atoms with Crippen LogP contribution in [-0.2, 0) is 4.74 Å². The zero-order chi connectivity index (χ0) is 11.8. The van der Waals surface area contributed by atoms with E-state index in [9.17, 15) is 4.79 Å². The van der Waals surface area contributed by atoms with Crippen molar-refractivity contribution in [1.82, 2.24) is 4.90 Å². The third-order valence-electron chi connectivity index (χ3n) is 3.58. The Hall–Kier alpha value is -0.730. The Morgan fingerprint density at radius 3 is 2.27 bits per heavy atom. The average molecular weight is 213 g/mol. The van der Waals surface area contributed by atoms with Gasteiger partial charge < -0.3 is 9.64 Å². The molecule has 1 fully saturated rings. The topological polar surface area (TPSA) is 29.5 Å². The minimum Gasteiger partial charge on any atom is -0.441 e. The number of hydrogen-bond acceptors (Lipinski definition) is 2. The summed E-state index contributed by atoms with van der Waals surface area (Å²) < 4.78 is 5.57. The van der Waals surface area contributed by atoms with E-state index in [2.05, 4.69) is 34.6 Å². The molecule has 15 heavy (non-hydrogen) atoms. The molecule has 0 bridgehead atoms. The first kappa shape index (κ1) is 12.3. The van der Waals surface area contributed by atoms with Crippen molar-refractivity contribution in [3.8, 4) is 0 Å². The summed E-state index contributed by atoms with van der Waals surface area (Å²) in [6.45, 7) is 13.3. The Kier molecular flexibility index (Phi) is 3.31. The van der Waals surface area contributed by atoms with Gasteiger partial charge in [-0.25, -0.2) is 4.79 Å². The maximum atomic E-state index is 11.7. The van der Waals surface area contributed by atoms with Gasteiger partial charge in [-0.05, 0) is 25.7 Å². The van der Waals surface area contributed by atoms with E-state index in [1.165, 1.54) is 0 Å². The average Bonchev–Trinajstić information content (AvgIpc) is 2.38. The molecule has 1 rings (SSSR count). The largest absolute Gasteiger partial charge is 0.441 e. The predicted octanol–water partition coefficient (Wildman–Crippen LogP) is 2.90. The van der Waals surface area contributed by atoms with Crippen molar-refractivity contribution in [1.29, 1.82) is 0 Å². The van der Waals surface area contributed by atoms with E-state index in [0.29, 0.717) is 11.8 Å². The highest BCUT2D eigenvalue weighted by Crippen LogP contribution is 2.39. The summed E-state index contributed by atoms with van der Waals surface area (Å²) in [5.74, 6) is 0.759. The summed E-state index contributed by atoms with van der Waals surface area (Å²) in [5.41, 5.74) is -0.346. The van der Waals surface area contributed by atoms with Crippen LogP contribution in [0.25, 0.3) is 0 Å². The van der Waals surface area contributed by atoms with Crippen LogP contribution < -0.4 is 0 Å². The summed E-state index contributed by atoms with van der Waals surface area (Å²) in [6.07, 6.45) is -0.160. The zero-order valence-electron chi connectivity index (χ0n) is 10.7. The lowest BCUT2D eigenvalue weighted by Crippen LogP contribution is -2.49. The van der Waals surface area contributed by atoms with Crippen molar-refractivity contribution in [2.45, 2.75) is 53.2 Å². The molecule has 0 radical (unpaired) electrons. The molecule has 0 saturated carbocycles. The van der Waals surface area contributed by atoms with Crippen LogP contribution in [0.2, 0.25) is 0 Å². The van der Waals surface area contributed by atoms with Crippen LogP contribution in [0.4, 0.5) is 4.79 Å². The van der Waals surface area contributed by atoms with E-state index in [0.717, 1.165) is 6.54 Å². The van der Waals surface area contributed by atoms with Gasteiger partial charge in [0.1, 0.15) is 5.60 Å². The second-order valence-electron chi connectivity index (χ2n) is 5.18. The molecular weight excluding hydrogens is 190 g/mol. The highest BCUT2D eigenvalue weighted by molar-refractivity contribution is 5.71. The van der Waals surface area contributed by atoms with Gasteiger partial charge >= 0.3 is 6.09 Å². The molecule has 0 N–H and O–H groups in total. The minimum atomic E-state index is -0.346. The molecule has 2 atom stereocenters. The predicted molar refractivity (Wildman–Crippen MR) is 60.7 cm³/mol. The highest BCUT2D eigenvalue weighted by Gasteiger charge is 2.52. The highest BCUT2D eigenvalue weighted by atomic mass is 16.6. The molecule has 0 spiro atoms. The van der Waals surface area contributed by atoms with Crippen LogP contribution in [0.1, 0.15) is 41.5 Å². The second-order valence-corrected chi connectivity index (χ2v) is 5.18. The summed E-state index contributed by atoms with van der Waals surface area (Å²) in [4.78, 5) is 13.6. The Labute approximate surface area is 92.8 Å². The molecule has 0 aliphatic carbocycles. The van der Waals surface area contributed by atoms with Crippen LogP contribution in [-0.4, -0.2) is 29.2 Å². The molecule has 0 aromatic heterocycles. The van der Waals surface area contributed by atoms with Crippen molar-refractivity contribution >= 4 is 6.09 Å². The van der Waals surface area contributed by atoms with Crippen molar-refractivity contribution in [3.63, 3.8) is 0 Å². The number of hydrogen-bond donors (Lipinski definition) is 0. The summed E-state index contributed by atoms with van der Waals surface area (Å²) in [5, 5.41) is 0. The van der Waals surface area contributed by atoms with Gasteiger partial charge in [0, 0.05) is 6.54 Å². The van der Waals surface area contributed by atoms with Crippen molar-refractivity contribution < 1.29 is 9.53 Å². The molecule has 1 aliphatic rings. The van der Waals surface area contributed by atoms with Crippen molar-refractivity contribution in [2.24, 2.45) is 11.8 Å². The molecule has 3 heteroatoms. The summed E-state index contributed by atoms with van der Waals surface area (Å²) in [6, 6.07) is 0.190. The molecule has 1 saturated heterocycles. The van der Waals surface area contributed by atoms with Crippen LogP contribution in [0.3, 0.4) is 0 Å². The number of ether oxygens (including phenoxy) is 1. The second kappa shape index (κ2) is 4.03. The Balaban J connectivity index is 3.05. The molecule has 0 aromatic carbocycles. The molecule has 3 nitrogen and oxygen atoms in total. The van der Waals surface area contributed by atoms with Crippen molar-refractivity contribution in [3.05, 3.63) is 0 Å². The van der Waals surface area contributed by atoms with Crippen LogP contribution in [0.15, 0.2) is 0 Å². The number of nitrogens with zero attached hydrogens (tertiary/aromatic N) is 1. The molecule has 1 amide bonds. The van der Waals surface area contributed by atoms with E-state index in [-0.39, 0.29) is 17.7 Å². The smallest absolute Gasteiger partial charge is 0.410 e. The van der Waals surface area contributed by atoms with Gasteiger partial charge in [-0.3, -0.25) is 0 Å². The van der Waals surface area contributed by atoms with E-state index < -0.39 is 0 Å². The van der Waals surface area contributed by atoms with E-state index in [1.807, 2.05) is 11.8 Å². The monoisotopic (exact) mass is 213 g/mol. The first-order chi connectivity index (χ1) is 6.84. The first-order valence-corrected chi connectivity index (χ1v) is 5.84. The number of carbonyl (C=O) groups excluding carboxylic acids is 1.